The van der Waals surface area contributed by atoms with Crippen LogP contribution in [0.25, 0.3) is 0 Å². The average molecular weight is 543 g/mol. The van der Waals surface area contributed by atoms with E-state index in [1.54, 1.807) is 14.2 Å². The fourth-order valence-corrected chi connectivity index (χ4v) is 4.00. The number of carbonyl (C=O) groups is 1. The Morgan fingerprint density at radius 2 is 1.87 bits per heavy atom. The number of carbonyl (C=O) groups excluding carboxylic acids is 1. The van der Waals surface area contributed by atoms with Crippen molar-refractivity contribution < 1.29 is 9.53 Å². The molecule has 8 heteroatoms. The Balaban J connectivity index is 0.00000341. The van der Waals surface area contributed by atoms with Gasteiger partial charge in [-0.3, -0.25) is 14.7 Å². The van der Waals surface area contributed by atoms with Crippen LogP contribution in [0.5, 0.6) is 5.75 Å². The number of ether oxygens (including phenoxy) is 1. The Labute approximate surface area is 204 Å². The van der Waals surface area contributed by atoms with Gasteiger partial charge in [-0.1, -0.05) is 18.6 Å². The number of aryl methyl sites for hydroxylation is 1. The second kappa shape index (κ2) is 13.1. The molecule has 2 N–H and O–H groups in total. The number of halogens is 1. The molecule has 1 saturated carbocycles. The predicted octanol–water partition coefficient (Wildman–Crippen LogP) is 2.27. The molecule has 1 aliphatic heterocycles. The molecular weight excluding hydrogens is 505 g/mol. The maximum atomic E-state index is 12.3. The Bertz CT molecular complexity index is 731. The number of nitrogens with one attached hydrogen (secondary N) is 2. The summed E-state index contributed by atoms with van der Waals surface area (Å²) in [6.07, 6.45) is 4.31. The fraction of sp³-hybridized carbons (Fsp3) is 0.652. The highest BCUT2D eigenvalue weighted by Crippen LogP contribution is 2.28. The molecule has 1 saturated heterocycles. The number of piperazine rings is 1. The highest BCUT2D eigenvalue weighted by Gasteiger charge is 2.30. The lowest BCUT2D eigenvalue weighted by Crippen LogP contribution is -2.52. The SMILES string of the molecule is CN=C(NCCc1ccc(C)c(OC)c1)NCCN1CCN(C(=O)C2CCC2)CC1.I. The third-order valence-corrected chi connectivity index (χ3v) is 6.26. The van der Waals surface area contributed by atoms with Crippen LogP contribution in [0.15, 0.2) is 23.2 Å². The summed E-state index contributed by atoms with van der Waals surface area (Å²) in [5.41, 5.74) is 2.40. The second-order valence-electron chi connectivity index (χ2n) is 8.27. The maximum absolute atomic E-state index is 12.3. The van der Waals surface area contributed by atoms with Crippen molar-refractivity contribution in [1.29, 1.82) is 0 Å². The molecule has 0 aromatic heterocycles. The van der Waals surface area contributed by atoms with Crippen LogP contribution < -0.4 is 15.4 Å². The van der Waals surface area contributed by atoms with E-state index in [9.17, 15) is 4.79 Å². The number of hydrogen-bond acceptors (Lipinski definition) is 4. The van der Waals surface area contributed by atoms with E-state index in [-0.39, 0.29) is 24.0 Å². The van der Waals surface area contributed by atoms with E-state index in [0.29, 0.717) is 11.8 Å². The van der Waals surface area contributed by atoms with E-state index in [0.717, 1.165) is 82.3 Å². The lowest BCUT2D eigenvalue weighted by atomic mass is 9.84. The van der Waals surface area contributed by atoms with Crippen molar-refractivity contribution >= 4 is 35.8 Å². The van der Waals surface area contributed by atoms with Crippen molar-refractivity contribution in [1.82, 2.24) is 20.4 Å². The number of nitrogens with zero attached hydrogens (tertiary/aromatic N) is 3. The number of guanidine groups is 1. The van der Waals surface area contributed by atoms with Gasteiger partial charge < -0.3 is 20.3 Å². The van der Waals surface area contributed by atoms with Gasteiger partial charge in [0.05, 0.1) is 7.11 Å². The zero-order valence-corrected chi connectivity index (χ0v) is 21.5. The van der Waals surface area contributed by atoms with E-state index < -0.39 is 0 Å². The third-order valence-electron chi connectivity index (χ3n) is 6.26. The van der Waals surface area contributed by atoms with Crippen LogP contribution in [-0.2, 0) is 11.2 Å². The molecule has 7 nitrogen and oxygen atoms in total. The Kier molecular flexibility index (Phi) is 10.9. The van der Waals surface area contributed by atoms with Crippen LogP contribution in [0.3, 0.4) is 0 Å². The van der Waals surface area contributed by atoms with Crippen molar-refractivity contribution in [3.63, 3.8) is 0 Å². The smallest absolute Gasteiger partial charge is 0.225 e. The first-order valence-corrected chi connectivity index (χ1v) is 11.2. The molecule has 3 rings (SSSR count). The molecule has 1 amide bonds. The summed E-state index contributed by atoms with van der Waals surface area (Å²) in [5.74, 6) is 2.46. The van der Waals surface area contributed by atoms with Gasteiger partial charge in [0.1, 0.15) is 5.75 Å². The number of aliphatic imine (C=N–C) groups is 1. The summed E-state index contributed by atoms with van der Waals surface area (Å²) in [4.78, 5) is 21.2. The van der Waals surface area contributed by atoms with Crippen LogP contribution in [0.4, 0.5) is 0 Å². The average Bonchev–Trinajstić information content (AvgIpc) is 2.73. The Morgan fingerprint density at radius 3 is 2.48 bits per heavy atom. The molecule has 0 atom stereocenters. The molecule has 0 unspecified atom stereocenters. The molecule has 0 radical (unpaired) electrons. The number of amides is 1. The van der Waals surface area contributed by atoms with E-state index in [1.165, 1.54) is 12.0 Å². The number of methoxy groups -OCH3 is 1. The minimum absolute atomic E-state index is 0. The lowest BCUT2D eigenvalue weighted by Gasteiger charge is -2.38. The molecule has 174 valence electrons. The summed E-state index contributed by atoms with van der Waals surface area (Å²) in [5, 5.41) is 6.78. The van der Waals surface area contributed by atoms with Gasteiger partial charge in [0.25, 0.3) is 0 Å². The highest BCUT2D eigenvalue weighted by molar-refractivity contribution is 14.0. The normalized spacial score (nSPS) is 17.5. The summed E-state index contributed by atoms with van der Waals surface area (Å²) in [6.45, 7) is 8.32. The van der Waals surface area contributed by atoms with Gasteiger partial charge in [0, 0.05) is 58.8 Å². The van der Waals surface area contributed by atoms with Gasteiger partial charge in [0.15, 0.2) is 5.96 Å². The first-order valence-electron chi connectivity index (χ1n) is 11.2. The first-order chi connectivity index (χ1) is 14.6. The summed E-state index contributed by atoms with van der Waals surface area (Å²) in [7, 11) is 3.51. The highest BCUT2D eigenvalue weighted by atomic mass is 127. The monoisotopic (exact) mass is 543 g/mol. The Morgan fingerprint density at radius 1 is 1.16 bits per heavy atom. The minimum atomic E-state index is 0. The van der Waals surface area contributed by atoms with Crippen LogP contribution in [0.1, 0.15) is 30.4 Å². The lowest BCUT2D eigenvalue weighted by molar-refractivity contribution is -0.139. The molecule has 0 spiro atoms. The van der Waals surface area contributed by atoms with Crippen LogP contribution in [0.2, 0.25) is 0 Å². The van der Waals surface area contributed by atoms with Crippen molar-refractivity contribution in [2.24, 2.45) is 10.9 Å². The molecule has 1 heterocycles. The van der Waals surface area contributed by atoms with E-state index in [4.69, 9.17) is 4.74 Å². The molecule has 1 aliphatic carbocycles. The zero-order chi connectivity index (χ0) is 21.3. The minimum Gasteiger partial charge on any atom is -0.496 e. The van der Waals surface area contributed by atoms with Gasteiger partial charge in [0.2, 0.25) is 5.91 Å². The molecular formula is C23H38IN5O2. The second-order valence-corrected chi connectivity index (χ2v) is 8.27. The van der Waals surface area contributed by atoms with Crippen LogP contribution in [0, 0.1) is 12.8 Å². The van der Waals surface area contributed by atoms with Gasteiger partial charge in [-0.25, -0.2) is 0 Å². The van der Waals surface area contributed by atoms with Crippen molar-refractivity contribution in [2.75, 3.05) is 60.0 Å². The largest absolute Gasteiger partial charge is 0.496 e. The third kappa shape index (κ3) is 7.52. The number of benzene rings is 1. The van der Waals surface area contributed by atoms with Gasteiger partial charge >= 0.3 is 0 Å². The first kappa shape index (κ1) is 25.7. The van der Waals surface area contributed by atoms with Crippen molar-refractivity contribution in [3.8, 4) is 5.75 Å². The topological polar surface area (TPSA) is 69.2 Å². The van der Waals surface area contributed by atoms with E-state index >= 15 is 0 Å². The standard InChI is InChI=1S/C23H37N5O2.HI/c1-18-7-8-19(17-21(18)30-3)9-10-25-23(24-2)26-11-12-27-13-15-28(16-14-27)22(29)20-5-4-6-20;/h7-8,17,20H,4-6,9-16H2,1-3H3,(H2,24,25,26);1H. The van der Waals surface area contributed by atoms with Gasteiger partial charge in [-0.05, 0) is 43.4 Å². The molecule has 2 aliphatic rings. The zero-order valence-electron chi connectivity index (χ0n) is 19.2. The summed E-state index contributed by atoms with van der Waals surface area (Å²) >= 11 is 0. The summed E-state index contributed by atoms with van der Waals surface area (Å²) in [6, 6.07) is 6.34. The fourth-order valence-electron chi connectivity index (χ4n) is 4.00. The summed E-state index contributed by atoms with van der Waals surface area (Å²) < 4.78 is 5.40. The molecule has 1 aromatic carbocycles. The van der Waals surface area contributed by atoms with Crippen molar-refractivity contribution in [3.05, 3.63) is 29.3 Å². The number of rotatable bonds is 8. The molecule has 31 heavy (non-hydrogen) atoms. The van der Waals surface area contributed by atoms with Gasteiger partial charge in [-0.15, -0.1) is 24.0 Å². The molecule has 2 fully saturated rings. The van der Waals surface area contributed by atoms with E-state index in [2.05, 4.69) is 50.5 Å². The maximum Gasteiger partial charge on any atom is 0.225 e. The quantitative estimate of drug-likeness (QED) is 0.299. The van der Waals surface area contributed by atoms with Crippen molar-refractivity contribution in [2.45, 2.75) is 32.6 Å². The predicted molar refractivity (Wildman–Crippen MR) is 137 cm³/mol. The number of hydrogen-bond donors (Lipinski definition) is 2. The van der Waals surface area contributed by atoms with Crippen LogP contribution >= 0.6 is 24.0 Å². The molecule has 0 bridgehead atoms. The Hall–Kier alpha value is -1.55. The molecule has 1 aromatic rings. The van der Waals surface area contributed by atoms with Gasteiger partial charge in [-0.2, -0.15) is 0 Å². The van der Waals surface area contributed by atoms with E-state index in [1.807, 2.05) is 0 Å². The van der Waals surface area contributed by atoms with Crippen LogP contribution in [-0.4, -0.2) is 81.6 Å².